The van der Waals surface area contributed by atoms with Crippen molar-refractivity contribution < 1.29 is 0 Å². The molecule has 3 atom stereocenters. The van der Waals surface area contributed by atoms with E-state index in [0.29, 0.717) is 12.0 Å². The average molecular weight is 249 g/mol. The van der Waals surface area contributed by atoms with Crippen LogP contribution >= 0.6 is 0 Å². The van der Waals surface area contributed by atoms with Gasteiger partial charge in [-0.3, -0.25) is 10.2 Å². The zero-order chi connectivity index (χ0) is 13.2. The van der Waals surface area contributed by atoms with Crippen LogP contribution in [-0.2, 0) is 0 Å². The molecule has 2 aliphatic rings. The number of nitriles is 1. The molecule has 0 aromatic rings. The number of nitrogens with one attached hydrogen (secondary N) is 1. The molecule has 1 aliphatic heterocycles. The molecule has 0 aromatic heterocycles. The van der Waals surface area contributed by atoms with Crippen LogP contribution in [0, 0.1) is 23.2 Å². The van der Waals surface area contributed by atoms with Crippen molar-refractivity contribution in [2.75, 3.05) is 19.6 Å². The number of piperidine rings is 1. The van der Waals surface area contributed by atoms with Crippen molar-refractivity contribution in [2.24, 2.45) is 11.8 Å². The zero-order valence-electron chi connectivity index (χ0n) is 12.1. The molecule has 0 spiro atoms. The largest absolute Gasteiger partial charge is 0.298 e. The molecule has 2 fully saturated rings. The van der Waals surface area contributed by atoms with Crippen molar-refractivity contribution in [3.8, 4) is 6.07 Å². The molecule has 0 bridgehead atoms. The first-order chi connectivity index (χ1) is 8.63. The second kappa shape index (κ2) is 5.59. The van der Waals surface area contributed by atoms with Gasteiger partial charge in [-0.05, 0) is 57.5 Å². The quantitative estimate of drug-likeness (QED) is 0.813. The van der Waals surface area contributed by atoms with Crippen molar-refractivity contribution in [2.45, 2.75) is 58.0 Å². The van der Waals surface area contributed by atoms with Crippen LogP contribution < -0.4 is 5.32 Å². The second-order valence-corrected chi connectivity index (χ2v) is 6.22. The van der Waals surface area contributed by atoms with Crippen LogP contribution in [0.2, 0.25) is 0 Å². The highest BCUT2D eigenvalue weighted by atomic mass is 15.2. The summed E-state index contributed by atoms with van der Waals surface area (Å²) in [6.07, 6.45) is 5.06. The van der Waals surface area contributed by atoms with Gasteiger partial charge in [0.15, 0.2) is 0 Å². The fraction of sp³-hybridized carbons (Fsp3) is 0.933. The summed E-state index contributed by atoms with van der Waals surface area (Å²) >= 11 is 0. The van der Waals surface area contributed by atoms with Gasteiger partial charge < -0.3 is 0 Å². The Labute approximate surface area is 112 Å². The van der Waals surface area contributed by atoms with Crippen LogP contribution in [0.15, 0.2) is 0 Å². The van der Waals surface area contributed by atoms with Gasteiger partial charge in [0.1, 0.15) is 5.54 Å². The summed E-state index contributed by atoms with van der Waals surface area (Å²) in [4.78, 5) is 2.54. The molecule has 102 valence electrons. The lowest BCUT2D eigenvalue weighted by Crippen LogP contribution is -2.57. The summed E-state index contributed by atoms with van der Waals surface area (Å²) < 4.78 is 0. The molecular weight excluding hydrogens is 222 g/mol. The van der Waals surface area contributed by atoms with Gasteiger partial charge in [0.05, 0.1) is 6.07 Å². The molecular formula is C15H27N3. The van der Waals surface area contributed by atoms with Crippen LogP contribution in [0.1, 0.15) is 46.5 Å². The first-order valence-corrected chi connectivity index (χ1v) is 7.53. The number of likely N-dealkylation sites (tertiary alicyclic amines) is 1. The Morgan fingerprint density at radius 2 is 2.06 bits per heavy atom. The molecule has 2 rings (SSSR count). The highest BCUT2D eigenvalue weighted by Gasteiger charge is 2.47. The average Bonchev–Trinajstić information content (AvgIpc) is 3.18. The van der Waals surface area contributed by atoms with E-state index in [9.17, 15) is 5.26 Å². The van der Waals surface area contributed by atoms with Gasteiger partial charge in [-0.1, -0.05) is 13.8 Å². The van der Waals surface area contributed by atoms with E-state index in [-0.39, 0.29) is 5.54 Å². The molecule has 3 unspecified atom stereocenters. The number of hydrogen-bond donors (Lipinski definition) is 1. The van der Waals surface area contributed by atoms with Gasteiger partial charge in [0.25, 0.3) is 0 Å². The van der Waals surface area contributed by atoms with Crippen LogP contribution in [0.25, 0.3) is 0 Å². The Morgan fingerprint density at radius 3 is 2.61 bits per heavy atom. The van der Waals surface area contributed by atoms with Gasteiger partial charge in [-0.15, -0.1) is 0 Å². The second-order valence-electron chi connectivity index (χ2n) is 6.22. The van der Waals surface area contributed by atoms with Crippen molar-refractivity contribution in [1.29, 1.82) is 5.26 Å². The molecule has 1 saturated heterocycles. The Morgan fingerprint density at radius 1 is 1.33 bits per heavy atom. The van der Waals surface area contributed by atoms with Crippen molar-refractivity contribution in [3.05, 3.63) is 0 Å². The molecule has 3 nitrogen and oxygen atoms in total. The van der Waals surface area contributed by atoms with Crippen LogP contribution in [0.4, 0.5) is 0 Å². The summed E-state index contributed by atoms with van der Waals surface area (Å²) in [7, 11) is 0. The van der Waals surface area contributed by atoms with E-state index >= 15 is 0 Å². The maximum absolute atomic E-state index is 9.66. The smallest absolute Gasteiger partial charge is 0.122 e. The minimum absolute atomic E-state index is 0.292. The highest BCUT2D eigenvalue weighted by Crippen LogP contribution is 2.40. The third-order valence-corrected chi connectivity index (χ3v) is 4.92. The summed E-state index contributed by atoms with van der Waals surface area (Å²) in [5.74, 6) is 1.34. The van der Waals surface area contributed by atoms with E-state index in [1.165, 1.54) is 25.7 Å². The Kier molecular flexibility index (Phi) is 4.29. The number of likely N-dealkylation sites (N-methyl/N-ethyl adjacent to an activating group) is 1. The van der Waals surface area contributed by atoms with Crippen molar-refractivity contribution >= 4 is 0 Å². The zero-order valence-corrected chi connectivity index (χ0v) is 12.1. The lowest BCUT2D eigenvalue weighted by atomic mass is 9.88. The Hall–Kier alpha value is -0.590. The minimum atomic E-state index is -0.292. The molecule has 0 aromatic carbocycles. The fourth-order valence-electron chi connectivity index (χ4n) is 3.35. The molecule has 1 N–H and O–H groups in total. The lowest BCUT2D eigenvalue weighted by molar-refractivity contribution is 0.0844. The number of nitrogens with zero attached hydrogens (tertiary/aromatic N) is 2. The molecule has 18 heavy (non-hydrogen) atoms. The summed E-state index contributed by atoms with van der Waals surface area (Å²) in [6, 6.07) is 3.22. The molecule has 3 heteroatoms. The SMILES string of the molecule is CCNC(C#N)(CN1CCCC(C)C1C)C1CC1. The molecule has 1 saturated carbocycles. The van der Waals surface area contributed by atoms with Gasteiger partial charge in [0, 0.05) is 12.6 Å². The molecule has 1 heterocycles. The number of hydrogen-bond acceptors (Lipinski definition) is 3. The van der Waals surface area contributed by atoms with E-state index in [4.69, 9.17) is 0 Å². The van der Waals surface area contributed by atoms with E-state index in [2.05, 4.69) is 37.1 Å². The predicted octanol–water partition coefficient (Wildman–Crippen LogP) is 2.39. The van der Waals surface area contributed by atoms with Crippen molar-refractivity contribution in [3.63, 3.8) is 0 Å². The van der Waals surface area contributed by atoms with Gasteiger partial charge in [-0.25, -0.2) is 0 Å². The third kappa shape index (κ3) is 2.70. The summed E-state index contributed by atoms with van der Waals surface area (Å²) in [6.45, 7) is 9.74. The van der Waals surface area contributed by atoms with Crippen LogP contribution in [-0.4, -0.2) is 36.1 Å². The summed E-state index contributed by atoms with van der Waals surface area (Å²) in [5.41, 5.74) is -0.292. The predicted molar refractivity (Wildman–Crippen MR) is 74.2 cm³/mol. The standard InChI is InChI=1S/C15H27N3/c1-4-17-15(10-16,14-7-8-14)11-18-9-5-6-12(2)13(18)3/h12-14,17H,4-9,11H2,1-3H3. The van der Waals surface area contributed by atoms with Gasteiger partial charge in [-0.2, -0.15) is 5.26 Å². The van der Waals surface area contributed by atoms with Gasteiger partial charge >= 0.3 is 0 Å². The monoisotopic (exact) mass is 249 g/mol. The fourth-order valence-corrected chi connectivity index (χ4v) is 3.35. The van der Waals surface area contributed by atoms with E-state index in [1.807, 2.05) is 0 Å². The topological polar surface area (TPSA) is 39.1 Å². The van der Waals surface area contributed by atoms with Crippen LogP contribution in [0.3, 0.4) is 0 Å². The van der Waals surface area contributed by atoms with Crippen LogP contribution in [0.5, 0.6) is 0 Å². The normalized spacial score (nSPS) is 32.8. The Bertz CT molecular complexity index is 318. The van der Waals surface area contributed by atoms with Crippen molar-refractivity contribution in [1.82, 2.24) is 10.2 Å². The van der Waals surface area contributed by atoms with Gasteiger partial charge in [0.2, 0.25) is 0 Å². The highest BCUT2D eigenvalue weighted by molar-refractivity contribution is 5.17. The minimum Gasteiger partial charge on any atom is -0.298 e. The molecule has 1 aliphatic carbocycles. The van der Waals surface area contributed by atoms with E-state index in [1.54, 1.807) is 0 Å². The first-order valence-electron chi connectivity index (χ1n) is 7.53. The van der Waals surface area contributed by atoms with E-state index < -0.39 is 0 Å². The van der Waals surface area contributed by atoms with E-state index in [0.717, 1.165) is 25.6 Å². The first kappa shape index (κ1) is 13.8. The summed E-state index contributed by atoms with van der Waals surface area (Å²) in [5, 5.41) is 13.1. The lowest BCUT2D eigenvalue weighted by Gasteiger charge is -2.42. The molecule has 0 radical (unpaired) electrons. The Balaban J connectivity index is 2.06. The maximum Gasteiger partial charge on any atom is 0.122 e. The maximum atomic E-state index is 9.66. The molecule has 0 amide bonds. The number of rotatable bonds is 5. The third-order valence-electron chi connectivity index (χ3n) is 4.92.